The van der Waals surface area contributed by atoms with Gasteiger partial charge in [0.1, 0.15) is 11.4 Å². The van der Waals surface area contributed by atoms with E-state index in [9.17, 15) is 19.2 Å². The summed E-state index contributed by atoms with van der Waals surface area (Å²) < 4.78 is 17.5. The quantitative estimate of drug-likeness (QED) is 0.446. The number of carbonyl (C=O) groups excluding carboxylic acids is 4. The fraction of sp³-hybridized carbons (Fsp3) is 0.568. The van der Waals surface area contributed by atoms with Gasteiger partial charge < -0.3 is 34.2 Å². The summed E-state index contributed by atoms with van der Waals surface area (Å²) in [6.45, 7) is 8.61. The first-order chi connectivity index (χ1) is 22.9. The molecule has 2 aliphatic carbocycles. The number of ether oxygens (including phenoxy) is 3. The second-order valence-electron chi connectivity index (χ2n) is 15.1. The molecule has 0 aromatic heterocycles. The number of nitrogens with zero attached hydrogens (tertiary/aromatic N) is 3. The fourth-order valence-corrected chi connectivity index (χ4v) is 8.15. The van der Waals surface area contributed by atoms with Crippen LogP contribution < -0.4 is 19.9 Å². The van der Waals surface area contributed by atoms with E-state index in [4.69, 9.17) is 14.2 Å². The highest BCUT2D eigenvalue weighted by Gasteiger charge is 2.57. The number of rotatable bonds is 7. The summed E-state index contributed by atoms with van der Waals surface area (Å²) in [5, 5.41) is 3.22. The predicted molar refractivity (Wildman–Crippen MR) is 179 cm³/mol. The van der Waals surface area contributed by atoms with Crippen molar-refractivity contribution in [1.82, 2.24) is 10.2 Å². The highest BCUT2D eigenvalue weighted by molar-refractivity contribution is 6.04. The highest BCUT2D eigenvalue weighted by atomic mass is 16.6. The van der Waals surface area contributed by atoms with E-state index in [1.54, 1.807) is 30.8 Å². The normalized spacial score (nSPS) is 27.4. The van der Waals surface area contributed by atoms with Crippen molar-refractivity contribution in [3.05, 3.63) is 53.6 Å². The van der Waals surface area contributed by atoms with Crippen molar-refractivity contribution in [2.24, 2.45) is 17.8 Å². The van der Waals surface area contributed by atoms with Gasteiger partial charge in [-0.3, -0.25) is 14.4 Å². The van der Waals surface area contributed by atoms with Gasteiger partial charge in [0.05, 0.1) is 17.5 Å². The van der Waals surface area contributed by atoms with Crippen LogP contribution in [0.4, 0.5) is 16.2 Å². The number of benzene rings is 2. The van der Waals surface area contributed by atoms with E-state index >= 15 is 0 Å². The van der Waals surface area contributed by atoms with Crippen LogP contribution >= 0.6 is 0 Å². The van der Waals surface area contributed by atoms with E-state index in [0.29, 0.717) is 49.5 Å². The van der Waals surface area contributed by atoms with Gasteiger partial charge in [-0.2, -0.15) is 0 Å². The largest absolute Gasteiger partial charge is 0.476 e. The molecule has 1 saturated carbocycles. The minimum atomic E-state index is -1.04. The first-order valence-electron chi connectivity index (χ1n) is 17.2. The van der Waals surface area contributed by atoms with Gasteiger partial charge in [-0.25, -0.2) is 4.79 Å². The Morgan fingerprint density at radius 3 is 2.42 bits per heavy atom. The zero-order valence-corrected chi connectivity index (χ0v) is 28.5. The van der Waals surface area contributed by atoms with Gasteiger partial charge in [-0.05, 0) is 89.1 Å². The molecule has 0 spiro atoms. The van der Waals surface area contributed by atoms with Gasteiger partial charge in [0, 0.05) is 57.0 Å². The standard InChI is InChI=1S/C37H46N4O7/c1-36(2)28-19-29(28)41(27-11-12-31-30(18-27)40(13-8-14-46-5)34(44)37(3,4)47-31)33(43)25-15-24(20-39(21-25)35(45)48-36)32(42)38-26-16-22-9-6-7-10-23(22)17-26/h6-7,9-12,18,24-26,28-29H,8,13-17,19-21H2,1-5H3,(H,38,42)/t24-,25+,28?,29?/m0/s1. The average Bonchev–Trinajstić information content (AvgIpc) is 3.74. The zero-order chi connectivity index (χ0) is 34.0. The molecule has 7 rings (SSSR count). The molecular weight excluding hydrogens is 612 g/mol. The lowest BCUT2D eigenvalue weighted by Gasteiger charge is -2.42. The first kappa shape index (κ1) is 32.4. The third kappa shape index (κ3) is 5.90. The van der Waals surface area contributed by atoms with Crippen molar-refractivity contribution in [1.29, 1.82) is 0 Å². The van der Waals surface area contributed by atoms with E-state index in [0.717, 1.165) is 12.8 Å². The van der Waals surface area contributed by atoms with Crippen molar-refractivity contribution < 1.29 is 33.4 Å². The van der Waals surface area contributed by atoms with Crippen molar-refractivity contribution in [2.75, 3.05) is 43.2 Å². The van der Waals surface area contributed by atoms with E-state index in [2.05, 4.69) is 17.4 Å². The second kappa shape index (κ2) is 12.1. The van der Waals surface area contributed by atoms with E-state index in [1.807, 2.05) is 49.1 Å². The van der Waals surface area contributed by atoms with Crippen LogP contribution in [0.3, 0.4) is 0 Å². The molecule has 2 aromatic rings. The maximum Gasteiger partial charge on any atom is 0.410 e. The van der Waals surface area contributed by atoms with Crippen molar-refractivity contribution in [3.63, 3.8) is 0 Å². The molecule has 3 heterocycles. The molecule has 11 nitrogen and oxygen atoms in total. The second-order valence-corrected chi connectivity index (χ2v) is 15.1. The Morgan fingerprint density at radius 2 is 1.71 bits per heavy atom. The summed E-state index contributed by atoms with van der Waals surface area (Å²) in [5.74, 6) is -1.08. The summed E-state index contributed by atoms with van der Waals surface area (Å²) in [4.78, 5) is 60.6. The molecule has 2 bridgehead atoms. The van der Waals surface area contributed by atoms with Gasteiger partial charge in [0.25, 0.3) is 5.91 Å². The van der Waals surface area contributed by atoms with E-state index in [-0.39, 0.29) is 48.8 Å². The Hall–Kier alpha value is -4.12. The number of hydrogen-bond acceptors (Lipinski definition) is 7. The van der Waals surface area contributed by atoms with Crippen LogP contribution in [0.1, 0.15) is 58.1 Å². The smallest absolute Gasteiger partial charge is 0.410 e. The molecule has 2 aromatic carbocycles. The zero-order valence-electron chi connectivity index (χ0n) is 28.5. The monoisotopic (exact) mass is 658 g/mol. The molecule has 5 aliphatic rings. The van der Waals surface area contributed by atoms with Crippen molar-refractivity contribution >= 4 is 35.2 Å². The number of anilines is 2. The molecule has 256 valence electrons. The molecule has 48 heavy (non-hydrogen) atoms. The predicted octanol–water partition coefficient (Wildman–Crippen LogP) is 4.10. The van der Waals surface area contributed by atoms with Gasteiger partial charge >= 0.3 is 6.09 Å². The lowest BCUT2D eigenvalue weighted by molar-refractivity contribution is -0.133. The maximum absolute atomic E-state index is 14.7. The van der Waals surface area contributed by atoms with E-state index < -0.39 is 29.1 Å². The molecular formula is C37H46N4O7. The molecule has 11 heteroatoms. The highest BCUT2D eigenvalue weighted by Crippen LogP contribution is 2.50. The van der Waals surface area contributed by atoms with Crippen LogP contribution in [-0.2, 0) is 36.7 Å². The Kier molecular flexibility index (Phi) is 8.17. The van der Waals surface area contributed by atoms with Crippen LogP contribution in [0, 0.1) is 17.8 Å². The number of piperidine rings is 1. The molecule has 2 unspecified atom stereocenters. The third-order valence-electron chi connectivity index (χ3n) is 10.8. The van der Waals surface area contributed by atoms with Crippen LogP contribution in [0.25, 0.3) is 0 Å². The van der Waals surface area contributed by atoms with Crippen LogP contribution in [-0.4, -0.2) is 85.4 Å². The fourth-order valence-electron chi connectivity index (χ4n) is 8.15. The Labute approximate surface area is 281 Å². The summed E-state index contributed by atoms with van der Waals surface area (Å²) in [6, 6.07) is 13.6. The summed E-state index contributed by atoms with van der Waals surface area (Å²) in [5.41, 5.74) is 1.88. The number of fused-ring (bicyclic) bond motifs is 5. The molecule has 2 saturated heterocycles. The summed E-state index contributed by atoms with van der Waals surface area (Å²) in [6.07, 6.45) is 2.68. The topological polar surface area (TPSA) is 118 Å². The molecule has 3 fully saturated rings. The van der Waals surface area contributed by atoms with Gasteiger partial charge in [0.15, 0.2) is 5.60 Å². The summed E-state index contributed by atoms with van der Waals surface area (Å²) in [7, 11) is 1.63. The molecule has 3 aliphatic heterocycles. The van der Waals surface area contributed by atoms with Crippen molar-refractivity contribution in [3.8, 4) is 5.75 Å². The number of hydrogen-bond donors (Lipinski definition) is 1. The molecule has 4 atom stereocenters. The number of methoxy groups -OCH3 is 1. The number of amides is 4. The molecule has 1 N–H and O–H groups in total. The molecule has 4 amide bonds. The van der Waals surface area contributed by atoms with Gasteiger partial charge in [0.2, 0.25) is 11.8 Å². The summed E-state index contributed by atoms with van der Waals surface area (Å²) >= 11 is 0. The lowest BCUT2D eigenvalue weighted by Crippen LogP contribution is -2.56. The van der Waals surface area contributed by atoms with E-state index in [1.165, 1.54) is 11.1 Å². The first-order valence-corrected chi connectivity index (χ1v) is 17.2. The van der Waals surface area contributed by atoms with Crippen molar-refractivity contribution in [2.45, 2.75) is 83.1 Å². The van der Waals surface area contributed by atoms with Gasteiger partial charge in [-0.1, -0.05) is 24.3 Å². The third-order valence-corrected chi connectivity index (χ3v) is 10.8. The maximum atomic E-state index is 14.7. The minimum Gasteiger partial charge on any atom is -0.476 e. The number of cyclic esters (lactones) is 1. The Bertz CT molecular complexity index is 1610. The Balaban J connectivity index is 1.18. The Morgan fingerprint density at radius 1 is 0.979 bits per heavy atom. The lowest BCUT2D eigenvalue weighted by atomic mass is 9.87. The van der Waals surface area contributed by atoms with Crippen LogP contribution in [0.5, 0.6) is 5.75 Å². The SMILES string of the molecule is COCCCN1C(=O)C(C)(C)Oc2ccc(N3C(=O)[C@@H]4C[C@H](C(=O)NC5Cc6ccccc6C5)CN(C4)C(=O)OC(C)(C)C4CC43)cc21. The number of nitrogens with one attached hydrogen (secondary N) is 1. The van der Waals surface area contributed by atoms with Crippen LogP contribution in [0.2, 0.25) is 0 Å². The van der Waals surface area contributed by atoms with Gasteiger partial charge in [-0.15, -0.1) is 0 Å². The minimum absolute atomic E-state index is 0.0230. The number of carbonyl (C=O) groups is 4. The average molecular weight is 659 g/mol. The van der Waals surface area contributed by atoms with Crippen LogP contribution in [0.15, 0.2) is 42.5 Å². The molecule has 0 radical (unpaired) electrons.